The molecule has 1 N–H and O–H groups in total. The second-order valence-electron chi connectivity index (χ2n) is 8.80. The summed E-state index contributed by atoms with van der Waals surface area (Å²) in [7, 11) is 0. The Bertz CT molecular complexity index is 1130. The Kier molecular flexibility index (Phi) is 7.68. The number of aromatic nitrogens is 2. The first-order valence-corrected chi connectivity index (χ1v) is 12.3. The zero-order valence-corrected chi connectivity index (χ0v) is 20.9. The number of hydrogen-bond donors (Lipinski definition) is 1. The van der Waals surface area contributed by atoms with Gasteiger partial charge in [-0.05, 0) is 56.5 Å². The summed E-state index contributed by atoms with van der Waals surface area (Å²) in [6, 6.07) is 15.8. The number of nitrogens with one attached hydrogen (secondary N) is 1. The van der Waals surface area contributed by atoms with Crippen LogP contribution in [0.5, 0.6) is 0 Å². The Balaban J connectivity index is 1.52. The first-order chi connectivity index (χ1) is 16.4. The Morgan fingerprint density at radius 3 is 2.41 bits per heavy atom. The fraction of sp³-hybridized carbons (Fsp3) is 0.370. The van der Waals surface area contributed by atoms with Crippen molar-refractivity contribution < 1.29 is 4.79 Å². The molecule has 1 aliphatic rings. The smallest absolute Gasteiger partial charge is 0.321 e. The van der Waals surface area contributed by atoms with E-state index in [-0.39, 0.29) is 6.03 Å². The van der Waals surface area contributed by atoms with Gasteiger partial charge in [-0.25, -0.2) is 14.8 Å². The highest BCUT2D eigenvalue weighted by molar-refractivity contribution is 6.30. The van der Waals surface area contributed by atoms with Crippen LogP contribution < -0.4 is 10.2 Å². The summed E-state index contributed by atoms with van der Waals surface area (Å²) in [6.07, 6.45) is 2.54. The molecule has 1 fully saturated rings. The van der Waals surface area contributed by atoms with E-state index in [4.69, 9.17) is 21.6 Å². The number of amides is 2. The van der Waals surface area contributed by atoms with Crippen LogP contribution >= 0.6 is 11.6 Å². The van der Waals surface area contributed by atoms with E-state index in [9.17, 15) is 4.79 Å². The molecule has 3 aromatic rings. The Morgan fingerprint density at radius 1 is 0.971 bits per heavy atom. The molecular formula is C27H32ClN5O. The molecule has 0 radical (unpaired) electrons. The van der Waals surface area contributed by atoms with Crippen LogP contribution in [0.1, 0.15) is 41.6 Å². The van der Waals surface area contributed by atoms with Crippen LogP contribution in [0, 0.1) is 13.8 Å². The second kappa shape index (κ2) is 10.9. The van der Waals surface area contributed by atoms with E-state index in [1.165, 1.54) is 16.7 Å². The van der Waals surface area contributed by atoms with Crippen molar-refractivity contribution in [3.05, 3.63) is 81.8 Å². The molecule has 0 aliphatic carbocycles. The number of rotatable bonds is 5. The lowest BCUT2D eigenvalue weighted by Gasteiger charge is -2.26. The van der Waals surface area contributed by atoms with Gasteiger partial charge < -0.3 is 15.1 Å². The maximum absolute atomic E-state index is 12.9. The third-order valence-corrected chi connectivity index (χ3v) is 6.45. The first-order valence-electron chi connectivity index (χ1n) is 11.9. The van der Waals surface area contributed by atoms with Gasteiger partial charge in [0.2, 0.25) is 0 Å². The lowest BCUT2D eigenvalue weighted by atomic mass is 10.0. The maximum Gasteiger partial charge on any atom is 0.321 e. The molecule has 7 heteroatoms. The predicted molar refractivity (Wildman–Crippen MR) is 139 cm³/mol. The van der Waals surface area contributed by atoms with Crippen LogP contribution in [-0.2, 0) is 12.8 Å². The minimum Gasteiger partial charge on any atom is -0.354 e. The fourth-order valence-electron chi connectivity index (χ4n) is 4.35. The molecule has 0 atom stereocenters. The molecule has 178 valence electrons. The number of carbonyl (C=O) groups is 1. The molecule has 2 amide bonds. The van der Waals surface area contributed by atoms with E-state index in [0.717, 1.165) is 55.4 Å². The number of anilines is 2. The van der Waals surface area contributed by atoms with Crippen molar-refractivity contribution >= 4 is 29.1 Å². The summed E-state index contributed by atoms with van der Waals surface area (Å²) in [4.78, 5) is 26.7. The van der Waals surface area contributed by atoms with Crippen molar-refractivity contribution in [2.45, 2.75) is 40.0 Å². The molecule has 34 heavy (non-hydrogen) atoms. The van der Waals surface area contributed by atoms with Gasteiger partial charge in [-0.15, -0.1) is 0 Å². The molecule has 2 heterocycles. The van der Waals surface area contributed by atoms with Crippen molar-refractivity contribution in [3.8, 4) is 0 Å². The minimum absolute atomic E-state index is 0.0860. The van der Waals surface area contributed by atoms with Crippen molar-refractivity contribution in [2.75, 3.05) is 36.4 Å². The van der Waals surface area contributed by atoms with Crippen LogP contribution in [0.25, 0.3) is 0 Å². The number of nitrogens with zero attached hydrogens (tertiary/aromatic N) is 4. The van der Waals surface area contributed by atoms with E-state index in [0.29, 0.717) is 18.1 Å². The summed E-state index contributed by atoms with van der Waals surface area (Å²) in [5.74, 6) is 1.80. The lowest BCUT2D eigenvalue weighted by molar-refractivity contribution is 0.215. The van der Waals surface area contributed by atoms with Gasteiger partial charge in [0.1, 0.15) is 11.6 Å². The number of halogens is 1. The molecule has 2 aromatic carbocycles. The van der Waals surface area contributed by atoms with Crippen LogP contribution in [0.3, 0.4) is 0 Å². The Labute approximate surface area is 207 Å². The standard InChI is InChI=1S/C27H32ClN5O/c1-4-25-24(18-21-8-6-19(2)7-9-21)26(30-20(3)29-25)32-14-5-15-33(17-16-32)27(34)31-23-12-10-22(28)11-13-23/h6-13H,4-5,14-18H2,1-3H3,(H,31,34). The maximum atomic E-state index is 12.9. The van der Waals surface area contributed by atoms with E-state index in [2.05, 4.69) is 48.3 Å². The zero-order chi connectivity index (χ0) is 24.1. The van der Waals surface area contributed by atoms with Crippen LogP contribution in [-0.4, -0.2) is 47.1 Å². The van der Waals surface area contributed by atoms with E-state index in [1.807, 2.05) is 24.0 Å². The van der Waals surface area contributed by atoms with Gasteiger partial charge in [-0.1, -0.05) is 48.4 Å². The first kappa shape index (κ1) is 24.0. The van der Waals surface area contributed by atoms with Crippen molar-refractivity contribution in [2.24, 2.45) is 0 Å². The monoisotopic (exact) mass is 477 g/mol. The molecule has 0 saturated carbocycles. The zero-order valence-electron chi connectivity index (χ0n) is 20.1. The molecule has 6 nitrogen and oxygen atoms in total. The van der Waals surface area contributed by atoms with E-state index < -0.39 is 0 Å². The summed E-state index contributed by atoms with van der Waals surface area (Å²) >= 11 is 5.96. The van der Waals surface area contributed by atoms with Gasteiger partial charge in [0.15, 0.2) is 0 Å². The summed E-state index contributed by atoms with van der Waals surface area (Å²) in [5, 5.41) is 3.63. The van der Waals surface area contributed by atoms with Gasteiger partial charge in [0.25, 0.3) is 0 Å². The van der Waals surface area contributed by atoms with Crippen molar-refractivity contribution in [1.82, 2.24) is 14.9 Å². The Hall–Kier alpha value is -3.12. The number of hydrogen-bond acceptors (Lipinski definition) is 4. The Morgan fingerprint density at radius 2 is 1.71 bits per heavy atom. The normalized spacial score (nSPS) is 14.1. The molecule has 0 unspecified atom stereocenters. The number of aryl methyl sites for hydroxylation is 3. The van der Waals surface area contributed by atoms with Gasteiger partial charge in [-0.2, -0.15) is 0 Å². The topological polar surface area (TPSA) is 61.4 Å². The molecule has 1 saturated heterocycles. The number of carbonyl (C=O) groups excluding carboxylic acids is 1. The highest BCUT2D eigenvalue weighted by Gasteiger charge is 2.23. The predicted octanol–water partition coefficient (Wildman–Crippen LogP) is 5.64. The molecule has 4 rings (SSSR count). The van der Waals surface area contributed by atoms with Gasteiger partial charge in [0.05, 0.1) is 0 Å². The number of benzene rings is 2. The summed E-state index contributed by atoms with van der Waals surface area (Å²) < 4.78 is 0. The van der Waals surface area contributed by atoms with Crippen LogP contribution in [0.15, 0.2) is 48.5 Å². The third kappa shape index (κ3) is 5.86. The van der Waals surface area contributed by atoms with Gasteiger partial charge in [0, 0.05) is 54.6 Å². The quantitative estimate of drug-likeness (QED) is 0.516. The van der Waals surface area contributed by atoms with Crippen molar-refractivity contribution in [1.29, 1.82) is 0 Å². The van der Waals surface area contributed by atoms with Crippen LogP contribution in [0.4, 0.5) is 16.3 Å². The summed E-state index contributed by atoms with van der Waals surface area (Å²) in [5.41, 5.74) is 5.55. The van der Waals surface area contributed by atoms with Gasteiger partial charge in [-0.3, -0.25) is 0 Å². The van der Waals surface area contributed by atoms with E-state index >= 15 is 0 Å². The molecule has 0 bridgehead atoms. The second-order valence-corrected chi connectivity index (χ2v) is 9.24. The average Bonchev–Trinajstić information content (AvgIpc) is 3.09. The van der Waals surface area contributed by atoms with Gasteiger partial charge >= 0.3 is 6.03 Å². The minimum atomic E-state index is -0.0860. The number of urea groups is 1. The highest BCUT2D eigenvalue weighted by Crippen LogP contribution is 2.26. The summed E-state index contributed by atoms with van der Waals surface area (Å²) in [6.45, 7) is 9.13. The molecular weight excluding hydrogens is 446 g/mol. The fourth-order valence-corrected chi connectivity index (χ4v) is 4.48. The van der Waals surface area contributed by atoms with E-state index in [1.54, 1.807) is 12.1 Å². The van der Waals surface area contributed by atoms with Crippen LogP contribution in [0.2, 0.25) is 5.02 Å². The highest BCUT2D eigenvalue weighted by atomic mass is 35.5. The van der Waals surface area contributed by atoms with Crippen molar-refractivity contribution in [3.63, 3.8) is 0 Å². The largest absolute Gasteiger partial charge is 0.354 e. The molecule has 1 aromatic heterocycles. The average molecular weight is 478 g/mol. The lowest BCUT2D eigenvalue weighted by Crippen LogP contribution is -2.38. The molecule has 1 aliphatic heterocycles. The third-order valence-electron chi connectivity index (χ3n) is 6.20. The SMILES string of the molecule is CCc1nc(C)nc(N2CCCN(C(=O)Nc3ccc(Cl)cc3)CC2)c1Cc1ccc(C)cc1. The molecule has 0 spiro atoms.